The van der Waals surface area contributed by atoms with Gasteiger partial charge < -0.3 is 10.3 Å². The van der Waals surface area contributed by atoms with Crippen LogP contribution >= 0.6 is 11.8 Å². The molecule has 0 saturated carbocycles. The number of aromatic nitrogens is 1. The molecule has 1 aromatic heterocycles. The van der Waals surface area contributed by atoms with Crippen LogP contribution in [-0.2, 0) is 40.2 Å². The number of rotatable bonds is 14. The number of sulfone groups is 1. The Morgan fingerprint density at radius 3 is 1.96 bits per heavy atom. The van der Waals surface area contributed by atoms with Crippen molar-refractivity contribution in [3.8, 4) is 11.1 Å². The summed E-state index contributed by atoms with van der Waals surface area (Å²) >= 11 is 1.07. The van der Waals surface area contributed by atoms with Crippen molar-refractivity contribution in [1.82, 2.24) is 4.98 Å². The summed E-state index contributed by atoms with van der Waals surface area (Å²) in [5.74, 6) is -2.50. The Balaban J connectivity index is 1.57. The maximum absolute atomic E-state index is 14.3. The third kappa shape index (κ3) is 8.14. The fourth-order valence-corrected chi connectivity index (χ4v) is 10.8. The molecule has 21 heteroatoms. The molecular weight excluding hydrogens is 821 g/mol. The topological polar surface area (TPSA) is 276 Å². The number of nitrogens with one attached hydrogen (secondary N) is 2. The Kier molecular flexibility index (Phi) is 10.7. The second-order valence-electron chi connectivity index (χ2n) is 12.1. The molecule has 4 aromatic carbocycles. The van der Waals surface area contributed by atoms with Gasteiger partial charge in [0.15, 0.2) is 21.4 Å². The zero-order valence-corrected chi connectivity index (χ0v) is 32.0. The van der Waals surface area contributed by atoms with Crippen LogP contribution in [0.5, 0.6) is 0 Å². The highest BCUT2D eigenvalue weighted by Crippen LogP contribution is 2.46. The number of H-pyrrole nitrogens is 1. The van der Waals surface area contributed by atoms with Crippen LogP contribution in [0.25, 0.3) is 22.0 Å². The first kappa shape index (κ1) is 39.9. The molecule has 0 saturated heterocycles. The van der Waals surface area contributed by atoms with Crippen LogP contribution in [0.2, 0.25) is 0 Å². The van der Waals surface area contributed by atoms with Gasteiger partial charge in [0.25, 0.3) is 35.9 Å². The van der Waals surface area contributed by atoms with Crippen molar-refractivity contribution in [3.63, 3.8) is 0 Å². The normalized spacial score (nSPS) is 13.1. The van der Waals surface area contributed by atoms with E-state index in [4.69, 9.17) is 4.55 Å². The molecule has 55 heavy (non-hydrogen) atoms. The SMILES string of the molecule is O=C(c1ccccc1)c1c2c3c(c(Nc4cc(S(=O)(=O)CCSCCCS(=O)(=O)O)ccc4S(=O)(=O)O)cc(S(=O)(=O)O)c3[nH]c1=O)C(=O)c1ccccc1-2. The van der Waals surface area contributed by atoms with E-state index in [2.05, 4.69) is 10.3 Å². The van der Waals surface area contributed by atoms with Gasteiger partial charge in [-0.1, -0.05) is 54.6 Å². The number of hydrogen-bond donors (Lipinski definition) is 5. The molecule has 0 radical (unpaired) electrons. The monoisotopic (exact) mass is 848 g/mol. The van der Waals surface area contributed by atoms with Crippen LogP contribution in [0.3, 0.4) is 0 Å². The summed E-state index contributed by atoms with van der Waals surface area (Å²) in [5, 5.41) is 2.25. The Morgan fingerprint density at radius 2 is 1.33 bits per heavy atom. The maximum Gasteiger partial charge on any atom is 0.296 e. The number of hydrogen-bond acceptors (Lipinski definition) is 13. The Bertz CT molecular complexity index is 2950. The summed E-state index contributed by atoms with van der Waals surface area (Å²) < 4.78 is 129. The van der Waals surface area contributed by atoms with E-state index in [-0.39, 0.29) is 45.6 Å². The molecule has 0 amide bonds. The number of benzene rings is 4. The number of carbonyl (C=O) groups excluding carboxylic acids is 2. The molecule has 0 bridgehead atoms. The highest BCUT2D eigenvalue weighted by molar-refractivity contribution is 8.00. The maximum atomic E-state index is 14.3. The van der Waals surface area contributed by atoms with Crippen LogP contribution in [0.1, 0.15) is 38.3 Å². The minimum Gasteiger partial charge on any atom is -0.354 e. The van der Waals surface area contributed by atoms with E-state index in [0.717, 1.165) is 36.0 Å². The number of anilines is 2. The van der Waals surface area contributed by atoms with Gasteiger partial charge in [-0.05, 0) is 42.0 Å². The fourth-order valence-electron chi connectivity index (χ4n) is 6.14. The van der Waals surface area contributed by atoms with E-state index in [1.807, 2.05) is 0 Å². The molecule has 0 atom stereocenters. The predicted molar refractivity (Wildman–Crippen MR) is 203 cm³/mol. The lowest BCUT2D eigenvalue weighted by Gasteiger charge is -2.25. The zero-order valence-electron chi connectivity index (χ0n) is 27.9. The molecule has 0 unspecified atom stereocenters. The molecule has 5 N–H and O–H groups in total. The van der Waals surface area contributed by atoms with Gasteiger partial charge in [0.1, 0.15) is 9.79 Å². The zero-order chi connectivity index (χ0) is 40.1. The molecule has 16 nitrogen and oxygen atoms in total. The van der Waals surface area contributed by atoms with Gasteiger partial charge in [-0.2, -0.15) is 37.0 Å². The third-order valence-electron chi connectivity index (χ3n) is 8.51. The molecule has 0 fully saturated rings. The first-order valence-electron chi connectivity index (χ1n) is 15.8. The number of carbonyl (C=O) groups is 2. The van der Waals surface area contributed by atoms with Gasteiger partial charge in [0.05, 0.1) is 44.4 Å². The second kappa shape index (κ2) is 14.7. The summed E-state index contributed by atoms with van der Waals surface area (Å²) in [6.45, 7) is 0. The number of aromatic amines is 1. The number of thioether (sulfide) groups is 1. The minimum absolute atomic E-state index is 0.0396. The molecular formula is C34H28N2O14S5. The first-order valence-corrected chi connectivity index (χ1v) is 23.1. The number of pyridine rings is 1. The summed E-state index contributed by atoms with van der Waals surface area (Å²) in [6.07, 6.45) is 0.0427. The van der Waals surface area contributed by atoms with Gasteiger partial charge in [0.2, 0.25) is 0 Å². The van der Waals surface area contributed by atoms with E-state index in [9.17, 15) is 57.2 Å². The summed E-state index contributed by atoms with van der Waals surface area (Å²) in [7, 11) is -18.8. The van der Waals surface area contributed by atoms with E-state index in [0.29, 0.717) is 0 Å². The Morgan fingerprint density at radius 1 is 0.691 bits per heavy atom. The lowest BCUT2D eigenvalue weighted by Crippen LogP contribution is -2.25. The largest absolute Gasteiger partial charge is 0.354 e. The first-order chi connectivity index (χ1) is 25.7. The summed E-state index contributed by atoms with van der Waals surface area (Å²) in [6, 6.07) is 16.6. The molecule has 0 aliphatic heterocycles. The number of ketones is 2. The molecule has 1 aliphatic carbocycles. The minimum atomic E-state index is -5.27. The Labute approximate surface area is 318 Å². The quantitative estimate of drug-likeness (QED) is 0.0589. The van der Waals surface area contributed by atoms with E-state index < -0.39 is 112 Å². The van der Waals surface area contributed by atoms with Crippen molar-refractivity contribution >= 4 is 85.8 Å². The van der Waals surface area contributed by atoms with Crippen LogP contribution < -0.4 is 10.9 Å². The van der Waals surface area contributed by atoms with Gasteiger partial charge in [0, 0.05) is 27.8 Å². The molecule has 1 heterocycles. The Hall–Kier alpha value is -4.74. The van der Waals surface area contributed by atoms with Crippen LogP contribution in [0.15, 0.2) is 98.3 Å². The predicted octanol–water partition coefficient (Wildman–Crippen LogP) is 3.99. The van der Waals surface area contributed by atoms with Crippen molar-refractivity contribution < 1.29 is 56.9 Å². The molecule has 6 rings (SSSR count). The molecule has 5 aromatic rings. The smallest absolute Gasteiger partial charge is 0.296 e. The summed E-state index contributed by atoms with van der Waals surface area (Å²) in [4.78, 5) is 42.0. The van der Waals surface area contributed by atoms with Crippen molar-refractivity contribution in [2.45, 2.75) is 21.1 Å². The van der Waals surface area contributed by atoms with E-state index in [1.54, 1.807) is 18.2 Å². The standard InChI is InChI=1S/C34H28N2O14S5/c37-32(19-7-2-1-3-8-19)30-27-21-9-4-5-10-22(21)33(38)28-24(18-26(55(48,49)50)31(29(27)28)36-34(30)39)35-23-17-20(11-12-25(23)54(45,46)47)52(40,41)16-14-51-13-6-15-53(42,43)44/h1-5,7-12,17-18,35H,6,13-16H2,(H,36,39)(H,42,43,44)(H,45,46,47)(H,48,49,50). The van der Waals surface area contributed by atoms with Gasteiger partial charge >= 0.3 is 0 Å². The summed E-state index contributed by atoms with van der Waals surface area (Å²) in [5.41, 5.74) is -3.74. The van der Waals surface area contributed by atoms with Gasteiger partial charge in [-0.15, -0.1) is 0 Å². The van der Waals surface area contributed by atoms with Crippen molar-refractivity contribution in [3.05, 3.63) is 111 Å². The van der Waals surface area contributed by atoms with Crippen molar-refractivity contribution in [1.29, 1.82) is 0 Å². The molecule has 1 aliphatic rings. The van der Waals surface area contributed by atoms with Gasteiger partial charge in [-0.3, -0.25) is 28.0 Å². The van der Waals surface area contributed by atoms with Crippen molar-refractivity contribution in [2.24, 2.45) is 0 Å². The van der Waals surface area contributed by atoms with Crippen LogP contribution in [0.4, 0.5) is 11.4 Å². The lowest BCUT2D eigenvalue weighted by atomic mass is 9.80. The van der Waals surface area contributed by atoms with Crippen LogP contribution in [-0.4, -0.2) is 86.9 Å². The van der Waals surface area contributed by atoms with E-state index in [1.165, 1.54) is 36.4 Å². The highest BCUT2D eigenvalue weighted by Gasteiger charge is 2.36. The second-order valence-corrected chi connectivity index (χ2v) is 19.8. The molecule has 0 spiro atoms. The number of fused-ring (bicyclic) bond motifs is 2. The van der Waals surface area contributed by atoms with E-state index >= 15 is 0 Å². The average Bonchev–Trinajstić information content (AvgIpc) is 3.10. The third-order valence-corrected chi connectivity index (χ3v) is 14.1. The van der Waals surface area contributed by atoms with Gasteiger partial charge in [-0.25, -0.2) is 8.42 Å². The van der Waals surface area contributed by atoms with Crippen LogP contribution in [0, 0.1) is 0 Å². The van der Waals surface area contributed by atoms with Crippen molar-refractivity contribution in [2.75, 3.05) is 28.3 Å². The average molecular weight is 849 g/mol. The molecule has 288 valence electrons. The fraction of sp³-hybridized carbons (Fsp3) is 0.147. The highest BCUT2D eigenvalue weighted by atomic mass is 32.2. The lowest BCUT2D eigenvalue weighted by molar-refractivity contribution is 0.102.